The number of benzene rings is 2. The number of alkyl halides is 1. The van der Waals surface area contributed by atoms with Crippen LogP contribution in [-0.4, -0.2) is 53.3 Å². The number of nitrogens with one attached hydrogen (secondary N) is 1. The van der Waals surface area contributed by atoms with E-state index in [4.69, 9.17) is 22.1 Å². The maximum absolute atomic E-state index is 13.6. The van der Waals surface area contributed by atoms with E-state index >= 15 is 0 Å². The second kappa shape index (κ2) is 15.4. The minimum absolute atomic E-state index is 0.179. The molecule has 1 aliphatic carbocycles. The van der Waals surface area contributed by atoms with E-state index in [0.717, 1.165) is 54.0 Å². The molecule has 2 aromatic carbocycles. The molecular formula is C33H39ClN4O4S. The average molecular weight is 623 g/mol. The van der Waals surface area contributed by atoms with Crippen molar-refractivity contribution in [1.82, 2.24) is 5.43 Å². The number of ether oxygens (including phenoxy) is 1. The summed E-state index contributed by atoms with van der Waals surface area (Å²) in [7, 11) is 0. The van der Waals surface area contributed by atoms with Crippen LogP contribution in [0.15, 0.2) is 76.8 Å². The molecule has 8 nitrogen and oxygen atoms in total. The quantitative estimate of drug-likeness (QED) is 0.0910. The van der Waals surface area contributed by atoms with Crippen molar-refractivity contribution in [3.63, 3.8) is 0 Å². The van der Waals surface area contributed by atoms with Crippen molar-refractivity contribution < 1.29 is 19.1 Å². The Labute approximate surface area is 262 Å². The zero-order chi connectivity index (χ0) is 30.8. The van der Waals surface area contributed by atoms with Crippen LogP contribution in [0.1, 0.15) is 67.4 Å². The smallest absolute Gasteiger partial charge is 0.338 e. The number of fused-ring (bicyclic) bond motifs is 1. The van der Waals surface area contributed by atoms with Gasteiger partial charge in [-0.15, -0.1) is 23.4 Å². The molecule has 0 spiro atoms. The number of carbonyl (C=O) groups excluding carboxylic acids is 3. The Morgan fingerprint density at radius 2 is 1.86 bits per heavy atom. The van der Waals surface area contributed by atoms with Gasteiger partial charge in [0.15, 0.2) is 10.6 Å². The molecule has 2 aromatic rings. The Bertz CT molecular complexity index is 1410. The van der Waals surface area contributed by atoms with E-state index in [0.29, 0.717) is 24.3 Å². The molecule has 2 atom stereocenters. The van der Waals surface area contributed by atoms with Gasteiger partial charge in [0.25, 0.3) is 11.8 Å². The van der Waals surface area contributed by atoms with Crippen LogP contribution in [0.4, 0.5) is 5.69 Å². The van der Waals surface area contributed by atoms with Crippen molar-refractivity contribution in [2.45, 2.75) is 68.2 Å². The summed E-state index contributed by atoms with van der Waals surface area (Å²) in [5, 5.41) is 4.29. The van der Waals surface area contributed by atoms with Gasteiger partial charge < -0.3 is 15.4 Å². The van der Waals surface area contributed by atoms with Crippen molar-refractivity contribution in [1.29, 1.82) is 0 Å². The molecule has 2 aliphatic rings. The van der Waals surface area contributed by atoms with Crippen molar-refractivity contribution in [2.24, 2.45) is 10.8 Å². The summed E-state index contributed by atoms with van der Waals surface area (Å²) >= 11 is 8.20. The molecule has 1 heterocycles. The van der Waals surface area contributed by atoms with Crippen molar-refractivity contribution >= 4 is 52.5 Å². The van der Waals surface area contributed by atoms with E-state index in [1.54, 1.807) is 53.9 Å². The monoisotopic (exact) mass is 622 g/mol. The standard InChI is InChI=1S/C33H39ClN4O4S/c1-3-5-6-7-10-20-38-27-17-16-25(43-21-18-23-12-14-24(15-13-23)31(40)42-4-2)22-26(27)29(30(38)39)36-37-32(41)33(34)19-9-8-11-28(33)35/h8-9,11-17,19,22,28H,3-7,10,18,20-21,35H2,1-2H3,(H,37,41). The van der Waals surface area contributed by atoms with Gasteiger partial charge in [0.05, 0.1) is 23.9 Å². The van der Waals surface area contributed by atoms with Gasteiger partial charge in [0.2, 0.25) is 0 Å². The van der Waals surface area contributed by atoms with E-state index in [1.807, 2.05) is 30.3 Å². The molecule has 0 aromatic heterocycles. The number of anilines is 1. The number of rotatable bonds is 14. The first kappa shape index (κ1) is 32.5. The summed E-state index contributed by atoms with van der Waals surface area (Å²) in [6.07, 6.45) is 12.7. The fraction of sp³-hybridized carbons (Fsp3) is 0.394. The number of hydrazone groups is 1. The summed E-state index contributed by atoms with van der Waals surface area (Å²) in [6.45, 7) is 4.88. The third kappa shape index (κ3) is 7.96. The van der Waals surface area contributed by atoms with E-state index in [2.05, 4.69) is 17.5 Å². The lowest BCUT2D eigenvalue weighted by Crippen LogP contribution is -2.52. The summed E-state index contributed by atoms with van der Waals surface area (Å²) in [4.78, 5) is 39.7. The Hall–Kier alpha value is -3.40. The van der Waals surface area contributed by atoms with E-state index in [-0.39, 0.29) is 17.6 Å². The predicted octanol–water partition coefficient (Wildman–Crippen LogP) is 5.77. The summed E-state index contributed by atoms with van der Waals surface area (Å²) in [5.41, 5.74) is 11.9. The molecule has 3 N–H and O–H groups in total. The predicted molar refractivity (Wildman–Crippen MR) is 174 cm³/mol. The third-order valence-electron chi connectivity index (χ3n) is 7.44. The van der Waals surface area contributed by atoms with Crippen LogP contribution in [0.25, 0.3) is 0 Å². The van der Waals surface area contributed by atoms with Gasteiger partial charge in [0.1, 0.15) is 0 Å². The summed E-state index contributed by atoms with van der Waals surface area (Å²) in [5.74, 6) is -0.373. The highest BCUT2D eigenvalue weighted by atomic mass is 35.5. The van der Waals surface area contributed by atoms with Gasteiger partial charge in [0, 0.05) is 22.8 Å². The molecule has 0 radical (unpaired) electrons. The van der Waals surface area contributed by atoms with Crippen LogP contribution < -0.4 is 16.1 Å². The van der Waals surface area contributed by atoms with Crippen LogP contribution in [-0.2, 0) is 20.7 Å². The number of nitrogens with two attached hydrogens (primary N) is 1. The lowest BCUT2D eigenvalue weighted by Gasteiger charge is -2.27. The van der Waals surface area contributed by atoms with Crippen LogP contribution in [0.3, 0.4) is 0 Å². The van der Waals surface area contributed by atoms with Gasteiger partial charge in [-0.05, 0) is 55.7 Å². The Kier molecular flexibility index (Phi) is 11.6. The number of hydrogen-bond donors (Lipinski definition) is 2. The number of esters is 1. The van der Waals surface area contributed by atoms with Gasteiger partial charge in [-0.25, -0.2) is 10.2 Å². The van der Waals surface area contributed by atoms with Crippen molar-refractivity contribution in [3.05, 3.63) is 83.5 Å². The fourth-order valence-electron chi connectivity index (χ4n) is 4.94. The highest BCUT2D eigenvalue weighted by molar-refractivity contribution is 7.99. The van der Waals surface area contributed by atoms with Gasteiger partial charge in [-0.3, -0.25) is 9.59 Å². The number of nitrogens with zero attached hydrogens (tertiary/aromatic N) is 2. The number of carbonyl (C=O) groups is 3. The molecule has 43 heavy (non-hydrogen) atoms. The number of amides is 2. The number of allylic oxidation sites excluding steroid dienone is 2. The fourth-order valence-corrected chi connectivity index (χ4v) is 6.07. The maximum Gasteiger partial charge on any atom is 0.338 e. The van der Waals surface area contributed by atoms with Crippen LogP contribution in [0, 0.1) is 0 Å². The molecule has 228 valence electrons. The van der Waals surface area contributed by atoms with E-state index in [1.165, 1.54) is 12.5 Å². The van der Waals surface area contributed by atoms with E-state index < -0.39 is 16.8 Å². The molecular weight excluding hydrogens is 584 g/mol. The zero-order valence-corrected chi connectivity index (χ0v) is 26.3. The first-order chi connectivity index (χ1) is 20.8. The van der Waals surface area contributed by atoms with Gasteiger partial charge >= 0.3 is 5.97 Å². The molecule has 1 aliphatic heterocycles. The van der Waals surface area contributed by atoms with Crippen LogP contribution in [0.5, 0.6) is 0 Å². The average Bonchev–Trinajstić information content (AvgIpc) is 3.27. The SMILES string of the molecule is CCCCCCCN1C(=O)C(=NNC(=O)C2(Cl)C=CC=CC2N)c2cc(SCCc3ccc(C(=O)OCC)cc3)ccc21. The second-order valence-corrected chi connectivity index (χ2v) is 12.3. The lowest BCUT2D eigenvalue weighted by molar-refractivity contribution is -0.122. The largest absolute Gasteiger partial charge is 0.462 e. The molecule has 0 saturated carbocycles. The van der Waals surface area contributed by atoms with Gasteiger partial charge in [-0.1, -0.05) is 69.0 Å². The lowest BCUT2D eigenvalue weighted by atomic mass is 9.94. The normalized spacial score (nSPS) is 20.0. The Morgan fingerprint density at radius 1 is 1.09 bits per heavy atom. The summed E-state index contributed by atoms with van der Waals surface area (Å²) in [6, 6.07) is 12.6. The molecule has 0 saturated heterocycles. The Morgan fingerprint density at radius 3 is 2.58 bits per heavy atom. The van der Waals surface area contributed by atoms with Gasteiger partial charge in [-0.2, -0.15) is 5.10 Å². The first-order valence-electron chi connectivity index (χ1n) is 14.8. The van der Waals surface area contributed by atoms with Crippen molar-refractivity contribution in [2.75, 3.05) is 23.8 Å². The number of unbranched alkanes of at least 4 members (excludes halogenated alkanes) is 4. The van der Waals surface area contributed by atoms with E-state index in [9.17, 15) is 14.4 Å². The Balaban J connectivity index is 1.48. The summed E-state index contributed by atoms with van der Waals surface area (Å²) < 4.78 is 5.05. The number of aryl methyl sites for hydroxylation is 1. The van der Waals surface area contributed by atoms with Crippen molar-refractivity contribution in [3.8, 4) is 0 Å². The molecule has 2 unspecified atom stereocenters. The number of hydrogen-bond acceptors (Lipinski definition) is 7. The first-order valence-corrected chi connectivity index (χ1v) is 16.2. The highest BCUT2D eigenvalue weighted by Gasteiger charge is 2.41. The zero-order valence-electron chi connectivity index (χ0n) is 24.7. The highest BCUT2D eigenvalue weighted by Crippen LogP contribution is 2.34. The third-order valence-corrected chi connectivity index (χ3v) is 8.99. The molecule has 0 bridgehead atoms. The second-order valence-electron chi connectivity index (χ2n) is 10.5. The topological polar surface area (TPSA) is 114 Å². The maximum atomic E-state index is 13.6. The minimum atomic E-state index is -1.49. The molecule has 0 fully saturated rings. The molecule has 10 heteroatoms. The number of thioether (sulfide) groups is 1. The van der Waals surface area contributed by atoms with Crippen LogP contribution >= 0.6 is 23.4 Å². The molecule has 4 rings (SSSR count). The number of halogens is 1. The molecule has 2 amide bonds. The van der Waals surface area contributed by atoms with Crippen LogP contribution in [0.2, 0.25) is 0 Å². The minimum Gasteiger partial charge on any atom is -0.462 e.